The topological polar surface area (TPSA) is 118 Å². The van der Waals surface area contributed by atoms with Gasteiger partial charge >= 0.3 is 24.3 Å². The number of nitrogens with zero attached hydrogens (tertiary/aromatic N) is 4. The number of aromatic nitrogens is 3. The number of hydrogen-bond donors (Lipinski definition) is 2. The van der Waals surface area contributed by atoms with E-state index in [2.05, 4.69) is 31.8 Å². The Balaban J connectivity index is 0.000000271. The molecule has 1 aliphatic carbocycles. The lowest BCUT2D eigenvalue weighted by molar-refractivity contribution is -0.193. The second kappa shape index (κ2) is 12.7. The molecule has 2 N–H and O–H groups in total. The molecule has 3 heterocycles. The van der Waals surface area contributed by atoms with E-state index in [9.17, 15) is 26.3 Å². The molecule has 0 bridgehead atoms. The Kier molecular flexibility index (Phi) is 10.2. The van der Waals surface area contributed by atoms with E-state index in [1.807, 2.05) is 24.7 Å². The van der Waals surface area contributed by atoms with Crippen molar-refractivity contribution < 1.29 is 50.9 Å². The van der Waals surface area contributed by atoms with Gasteiger partial charge in [0.05, 0.1) is 18.3 Å². The van der Waals surface area contributed by atoms with Gasteiger partial charge in [0.1, 0.15) is 0 Å². The van der Waals surface area contributed by atoms with E-state index in [1.54, 1.807) is 0 Å². The summed E-state index contributed by atoms with van der Waals surface area (Å²) in [7, 11) is 0. The molecule has 2 aliphatic rings. The normalized spacial score (nSPS) is 18.0. The molecule has 2 aromatic rings. The lowest BCUT2D eigenvalue weighted by atomic mass is 10.2. The van der Waals surface area contributed by atoms with Gasteiger partial charge in [0.2, 0.25) is 0 Å². The predicted octanol–water partition coefficient (Wildman–Crippen LogP) is 3.36. The largest absolute Gasteiger partial charge is 0.490 e. The third kappa shape index (κ3) is 10.6. The number of alkyl halides is 6. The molecule has 2 aromatic heterocycles. The zero-order valence-electron chi connectivity index (χ0n) is 18.7. The summed E-state index contributed by atoms with van der Waals surface area (Å²) in [4.78, 5) is 24.5. The summed E-state index contributed by atoms with van der Waals surface area (Å²) < 4.78 is 71.7. The molecule has 15 heteroatoms. The highest BCUT2D eigenvalue weighted by molar-refractivity contribution is 5.73. The molecule has 1 aliphatic heterocycles. The lowest BCUT2D eigenvalue weighted by Crippen LogP contribution is -2.33. The van der Waals surface area contributed by atoms with Crippen LogP contribution < -0.4 is 0 Å². The number of fused-ring (bicyclic) bond motifs is 1. The van der Waals surface area contributed by atoms with Crippen LogP contribution in [0.25, 0.3) is 0 Å². The zero-order valence-corrected chi connectivity index (χ0v) is 18.7. The van der Waals surface area contributed by atoms with Crippen LogP contribution in [-0.2, 0) is 34.0 Å². The number of rotatable bonds is 5. The maximum Gasteiger partial charge on any atom is 0.490 e. The van der Waals surface area contributed by atoms with Crippen LogP contribution in [0.4, 0.5) is 26.3 Å². The highest BCUT2D eigenvalue weighted by atomic mass is 19.4. The maximum atomic E-state index is 10.6. The fraction of sp³-hybridized carbons (Fsp3) is 0.524. The van der Waals surface area contributed by atoms with Crippen LogP contribution in [0.5, 0.6) is 0 Å². The van der Waals surface area contributed by atoms with Gasteiger partial charge in [0.15, 0.2) is 0 Å². The Labute approximate surface area is 201 Å². The molecule has 0 spiro atoms. The highest BCUT2D eigenvalue weighted by Crippen LogP contribution is 2.29. The molecular formula is C21H24F6N4O5. The van der Waals surface area contributed by atoms with Gasteiger partial charge in [-0.25, -0.2) is 9.59 Å². The van der Waals surface area contributed by atoms with E-state index in [4.69, 9.17) is 24.5 Å². The molecule has 0 amide bonds. The number of pyridine rings is 1. The van der Waals surface area contributed by atoms with Crippen molar-refractivity contribution >= 4 is 11.9 Å². The summed E-state index contributed by atoms with van der Waals surface area (Å²) in [5, 5.41) is 18.7. The van der Waals surface area contributed by atoms with Crippen molar-refractivity contribution in [3.05, 3.63) is 48.0 Å². The molecular weight excluding hydrogens is 502 g/mol. The predicted molar refractivity (Wildman–Crippen MR) is 110 cm³/mol. The van der Waals surface area contributed by atoms with Gasteiger partial charge in [-0.1, -0.05) is 6.07 Å². The van der Waals surface area contributed by atoms with E-state index in [0.717, 1.165) is 38.7 Å². The van der Waals surface area contributed by atoms with Crippen LogP contribution in [0.15, 0.2) is 36.8 Å². The summed E-state index contributed by atoms with van der Waals surface area (Å²) in [6.07, 6.45) is -1.62. The maximum absolute atomic E-state index is 10.6. The van der Waals surface area contributed by atoms with Gasteiger partial charge in [0, 0.05) is 44.8 Å². The van der Waals surface area contributed by atoms with E-state index in [0.29, 0.717) is 0 Å². The van der Waals surface area contributed by atoms with Crippen molar-refractivity contribution in [2.75, 3.05) is 13.2 Å². The van der Waals surface area contributed by atoms with Crippen molar-refractivity contribution in [2.24, 2.45) is 5.92 Å². The van der Waals surface area contributed by atoms with E-state index < -0.39 is 24.3 Å². The van der Waals surface area contributed by atoms with Crippen molar-refractivity contribution in [1.29, 1.82) is 0 Å². The molecule has 1 unspecified atom stereocenters. The minimum absolute atomic E-state index is 0.221. The summed E-state index contributed by atoms with van der Waals surface area (Å²) >= 11 is 0. The molecule has 36 heavy (non-hydrogen) atoms. The summed E-state index contributed by atoms with van der Waals surface area (Å²) in [5.41, 5.74) is 2.51. The molecule has 1 fully saturated rings. The van der Waals surface area contributed by atoms with Gasteiger partial charge in [0.25, 0.3) is 0 Å². The first-order chi connectivity index (χ1) is 16.8. The van der Waals surface area contributed by atoms with Gasteiger partial charge < -0.3 is 14.9 Å². The first-order valence-corrected chi connectivity index (χ1v) is 10.6. The van der Waals surface area contributed by atoms with Crippen LogP contribution in [0.3, 0.4) is 0 Å². The Morgan fingerprint density at radius 2 is 1.61 bits per heavy atom. The van der Waals surface area contributed by atoms with Crippen LogP contribution >= 0.6 is 0 Å². The van der Waals surface area contributed by atoms with Crippen LogP contribution in [0.2, 0.25) is 0 Å². The van der Waals surface area contributed by atoms with Crippen molar-refractivity contribution in [3.63, 3.8) is 0 Å². The second-order valence-corrected chi connectivity index (χ2v) is 8.04. The van der Waals surface area contributed by atoms with Gasteiger partial charge in [-0.3, -0.25) is 14.6 Å². The smallest absolute Gasteiger partial charge is 0.475 e. The van der Waals surface area contributed by atoms with Crippen LogP contribution in [0.1, 0.15) is 24.1 Å². The van der Waals surface area contributed by atoms with Crippen molar-refractivity contribution in [2.45, 2.75) is 50.9 Å². The monoisotopic (exact) mass is 526 g/mol. The minimum atomic E-state index is -5.08. The number of carbonyl (C=O) groups is 2. The van der Waals surface area contributed by atoms with E-state index in [1.165, 1.54) is 24.1 Å². The number of carboxylic acids is 2. The standard InChI is InChI=1S/C17H22N4O.2C2HF3O2/c1-2-15(8-18-6-1)9-20-10-16-5-7-19-21(16)12-17(11-20)22-13-14-3-4-14;2*3-2(4,5)1(6)7/h1-2,5-8,14,17H,3-4,9-13H2;2*(H,6,7). The fourth-order valence-electron chi connectivity index (χ4n) is 3.02. The van der Waals surface area contributed by atoms with Gasteiger partial charge in [-0.15, -0.1) is 0 Å². The van der Waals surface area contributed by atoms with Crippen LogP contribution in [-0.4, -0.2) is 73.4 Å². The number of ether oxygens (including phenoxy) is 1. The molecule has 0 radical (unpaired) electrons. The number of carboxylic acid groups (broad SMARTS) is 2. The Morgan fingerprint density at radius 3 is 2.11 bits per heavy atom. The Bertz CT molecular complexity index is 955. The Morgan fingerprint density at radius 1 is 1.00 bits per heavy atom. The van der Waals surface area contributed by atoms with Gasteiger partial charge in [-0.2, -0.15) is 31.4 Å². The third-order valence-corrected chi connectivity index (χ3v) is 4.91. The Hall–Kier alpha value is -3.20. The van der Waals surface area contributed by atoms with Gasteiger partial charge in [-0.05, 0) is 36.5 Å². The van der Waals surface area contributed by atoms with Crippen LogP contribution in [0, 0.1) is 5.92 Å². The molecule has 4 rings (SSSR count). The highest BCUT2D eigenvalue weighted by Gasteiger charge is 2.38. The minimum Gasteiger partial charge on any atom is -0.475 e. The average Bonchev–Trinajstić information content (AvgIpc) is 3.54. The number of halogens is 6. The summed E-state index contributed by atoms with van der Waals surface area (Å²) in [5.74, 6) is -4.72. The third-order valence-electron chi connectivity index (χ3n) is 4.91. The first-order valence-electron chi connectivity index (χ1n) is 10.6. The first kappa shape index (κ1) is 29.0. The van der Waals surface area contributed by atoms with Crippen molar-refractivity contribution in [1.82, 2.24) is 19.7 Å². The second-order valence-electron chi connectivity index (χ2n) is 8.04. The quantitative estimate of drug-likeness (QED) is 0.570. The molecule has 1 atom stereocenters. The van der Waals surface area contributed by atoms with E-state index in [-0.39, 0.29) is 6.10 Å². The summed E-state index contributed by atoms with van der Waals surface area (Å²) in [6.45, 7) is 4.53. The molecule has 200 valence electrons. The number of hydrogen-bond acceptors (Lipinski definition) is 6. The number of aliphatic carboxylic acids is 2. The zero-order chi connectivity index (χ0) is 26.9. The molecule has 9 nitrogen and oxygen atoms in total. The van der Waals surface area contributed by atoms with E-state index >= 15 is 0 Å². The summed E-state index contributed by atoms with van der Waals surface area (Å²) in [6, 6.07) is 6.24. The molecule has 0 aromatic carbocycles. The molecule has 1 saturated carbocycles. The average molecular weight is 526 g/mol. The van der Waals surface area contributed by atoms with Crippen molar-refractivity contribution in [3.8, 4) is 0 Å². The molecule has 0 saturated heterocycles. The lowest BCUT2D eigenvalue weighted by Gasteiger charge is -2.24. The SMILES string of the molecule is O=C(O)C(F)(F)F.O=C(O)C(F)(F)F.c1cncc(CN2Cc3ccnn3CC(OCC3CC3)C2)c1. The fourth-order valence-corrected chi connectivity index (χ4v) is 3.02.